The first kappa shape index (κ1) is 15.2. The monoisotopic (exact) mass is 287 g/mol. The molecule has 0 radical (unpaired) electrons. The maximum Gasteiger partial charge on any atom is 0.142 e. The van der Waals surface area contributed by atoms with Gasteiger partial charge in [-0.3, -0.25) is 0 Å². The van der Waals surface area contributed by atoms with Gasteiger partial charge < -0.3 is 20.3 Å². The lowest BCUT2D eigenvalue weighted by molar-refractivity contribution is 0.220. The zero-order chi connectivity index (χ0) is 15.2. The highest BCUT2D eigenvalue weighted by atomic mass is 16.5. The van der Waals surface area contributed by atoms with Crippen molar-refractivity contribution in [2.75, 3.05) is 19.5 Å². The minimum absolute atomic E-state index is 0.457. The summed E-state index contributed by atoms with van der Waals surface area (Å²) in [5, 5.41) is 10.5. The van der Waals surface area contributed by atoms with E-state index in [2.05, 4.69) is 6.92 Å². The second-order valence-corrected chi connectivity index (χ2v) is 4.78. The molecule has 2 aromatic rings. The largest absolute Gasteiger partial charge is 0.495 e. The number of anilines is 1. The summed E-state index contributed by atoms with van der Waals surface area (Å²) in [6.45, 7) is 2.74. The number of nitrogen functional groups attached to an aromatic ring is 1. The quantitative estimate of drug-likeness (QED) is 0.801. The van der Waals surface area contributed by atoms with Crippen LogP contribution in [0.4, 0.5) is 5.69 Å². The topological polar surface area (TPSA) is 64.7 Å². The number of ether oxygens (including phenoxy) is 2. The summed E-state index contributed by atoms with van der Waals surface area (Å²) in [6.07, 6.45) is 0.172. The van der Waals surface area contributed by atoms with Crippen molar-refractivity contribution in [2.45, 2.75) is 19.4 Å². The van der Waals surface area contributed by atoms with Crippen LogP contribution in [-0.2, 0) is 0 Å². The Morgan fingerprint density at radius 1 is 1.14 bits per heavy atom. The van der Waals surface area contributed by atoms with E-state index in [1.54, 1.807) is 19.2 Å². The Balaban J connectivity index is 2.21. The van der Waals surface area contributed by atoms with Gasteiger partial charge in [-0.25, -0.2) is 0 Å². The molecular formula is C17H21NO3. The van der Waals surface area contributed by atoms with Crippen LogP contribution in [-0.4, -0.2) is 18.8 Å². The third kappa shape index (κ3) is 3.47. The van der Waals surface area contributed by atoms with Crippen LogP contribution in [0.3, 0.4) is 0 Å². The average Bonchev–Trinajstić information content (AvgIpc) is 2.53. The third-order valence-corrected chi connectivity index (χ3v) is 3.28. The molecule has 4 nitrogen and oxygen atoms in total. The van der Waals surface area contributed by atoms with Crippen molar-refractivity contribution in [1.29, 1.82) is 0 Å². The van der Waals surface area contributed by atoms with Crippen LogP contribution in [0.1, 0.15) is 30.6 Å². The second-order valence-electron chi connectivity index (χ2n) is 4.78. The maximum absolute atomic E-state index is 10.5. The van der Waals surface area contributed by atoms with Crippen molar-refractivity contribution in [3.8, 4) is 11.5 Å². The van der Waals surface area contributed by atoms with Crippen LogP contribution < -0.4 is 15.2 Å². The molecule has 0 aromatic heterocycles. The Kier molecular flexibility index (Phi) is 5.06. The van der Waals surface area contributed by atoms with Gasteiger partial charge in [-0.1, -0.05) is 31.2 Å². The van der Waals surface area contributed by atoms with Crippen molar-refractivity contribution >= 4 is 5.69 Å². The number of aliphatic hydroxyl groups excluding tert-OH is 1. The summed E-state index contributed by atoms with van der Waals surface area (Å²) in [5.41, 5.74) is 7.87. The smallest absolute Gasteiger partial charge is 0.142 e. The second kappa shape index (κ2) is 6.99. The lowest BCUT2D eigenvalue weighted by atomic mass is 9.99. The molecule has 0 aliphatic rings. The van der Waals surface area contributed by atoms with Gasteiger partial charge in [-0.05, 0) is 30.2 Å². The summed E-state index contributed by atoms with van der Waals surface area (Å²) in [5.74, 6) is 1.36. The SMILES string of the molecule is CCCOc1ccc(C(O)c2cccc(OC)c2N)cc1. The van der Waals surface area contributed by atoms with Gasteiger partial charge in [0.2, 0.25) is 0 Å². The predicted octanol–water partition coefficient (Wildman–Crippen LogP) is 3.15. The molecule has 2 rings (SSSR count). The van der Waals surface area contributed by atoms with Crippen molar-refractivity contribution in [2.24, 2.45) is 0 Å². The van der Waals surface area contributed by atoms with Crippen LogP contribution in [0.2, 0.25) is 0 Å². The molecule has 0 saturated carbocycles. The van der Waals surface area contributed by atoms with Gasteiger partial charge in [0.15, 0.2) is 0 Å². The minimum atomic E-state index is -0.791. The van der Waals surface area contributed by atoms with Gasteiger partial charge in [0, 0.05) is 5.56 Å². The highest BCUT2D eigenvalue weighted by Crippen LogP contribution is 2.33. The van der Waals surface area contributed by atoms with E-state index < -0.39 is 6.10 Å². The molecule has 2 aromatic carbocycles. The van der Waals surface area contributed by atoms with E-state index in [-0.39, 0.29) is 0 Å². The minimum Gasteiger partial charge on any atom is -0.495 e. The third-order valence-electron chi connectivity index (χ3n) is 3.28. The predicted molar refractivity (Wildman–Crippen MR) is 83.7 cm³/mol. The fourth-order valence-electron chi connectivity index (χ4n) is 2.12. The van der Waals surface area contributed by atoms with Gasteiger partial charge in [-0.2, -0.15) is 0 Å². The molecule has 1 unspecified atom stereocenters. The number of methoxy groups -OCH3 is 1. The zero-order valence-corrected chi connectivity index (χ0v) is 12.4. The van der Waals surface area contributed by atoms with E-state index in [9.17, 15) is 5.11 Å². The normalized spacial score (nSPS) is 12.0. The van der Waals surface area contributed by atoms with Gasteiger partial charge in [-0.15, -0.1) is 0 Å². The lowest BCUT2D eigenvalue weighted by Gasteiger charge is -2.16. The number of para-hydroxylation sites is 1. The van der Waals surface area contributed by atoms with Gasteiger partial charge in [0.05, 0.1) is 19.4 Å². The molecule has 0 spiro atoms. The van der Waals surface area contributed by atoms with Crippen molar-refractivity contribution < 1.29 is 14.6 Å². The van der Waals surface area contributed by atoms with Crippen LogP contribution >= 0.6 is 0 Å². The zero-order valence-electron chi connectivity index (χ0n) is 12.4. The summed E-state index contributed by atoms with van der Waals surface area (Å²) in [7, 11) is 1.56. The fraction of sp³-hybridized carbons (Fsp3) is 0.294. The van der Waals surface area contributed by atoms with Gasteiger partial charge in [0.1, 0.15) is 17.6 Å². The van der Waals surface area contributed by atoms with Crippen molar-refractivity contribution in [3.05, 3.63) is 53.6 Å². The standard InChI is InChI=1S/C17H21NO3/c1-3-11-21-13-9-7-12(8-10-13)17(19)14-5-4-6-15(20-2)16(14)18/h4-10,17,19H,3,11,18H2,1-2H3. The van der Waals surface area contributed by atoms with Gasteiger partial charge in [0.25, 0.3) is 0 Å². The van der Waals surface area contributed by atoms with Crippen molar-refractivity contribution in [1.82, 2.24) is 0 Å². The van der Waals surface area contributed by atoms with Crippen LogP contribution in [0.25, 0.3) is 0 Å². The maximum atomic E-state index is 10.5. The molecule has 0 aliphatic heterocycles. The first-order valence-electron chi connectivity index (χ1n) is 7.00. The Morgan fingerprint density at radius 2 is 1.86 bits per heavy atom. The van der Waals surface area contributed by atoms with Crippen LogP contribution in [0, 0.1) is 0 Å². The van der Waals surface area contributed by atoms with Crippen LogP contribution in [0.15, 0.2) is 42.5 Å². The molecule has 1 atom stereocenters. The molecule has 0 fully saturated rings. The first-order valence-corrected chi connectivity index (χ1v) is 7.00. The average molecular weight is 287 g/mol. The Hall–Kier alpha value is -2.20. The number of rotatable bonds is 6. The Morgan fingerprint density at radius 3 is 2.48 bits per heavy atom. The number of hydrogen-bond acceptors (Lipinski definition) is 4. The summed E-state index contributed by atoms with van der Waals surface area (Å²) >= 11 is 0. The highest BCUT2D eigenvalue weighted by molar-refractivity contribution is 5.60. The summed E-state index contributed by atoms with van der Waals surface area (Å²) in [4.78, 5) is 0. The Labute approximate surface area is 125 Å². The van der Waals surface area contributed by atoms with Crippen molar-refractivity contribution in [3.63, 3.8) is 0 Å². The van der Waals surface area contributed by atoms with Gasteiger partial charge >= 0.3 is 0 Å². The Bertz CT molecular complexity index is 581. The molecule has 0 amide bonds. The molecule has 21 heavy (non-hydrogen) atoms. The first-order chi connectivity index (χ1) is 10.2. The molecule has 112 valence electrons. The van der Waals surface area contributed by atoms with E-state index in [0.717, 1.165) is 17.7 Å². The lowest BCUT2D eigenvalue weighted by Crippen LogP contribution is -2.05. The molecule has 4 heteroatoms. The van der Waals surface area contributed by atoms with E-state index in [1.165, 1.54) is 0 Å². The number of nitrogens with two attached hydrogens (primary N) is 1. The number of hydrogen-bond donors (Lipinski definition) is 2. The summed E-state index contributed by atoms with van der Waals surface area (Å²) in [6, 6.07) is 12.8. The molecular weight excluding hydrogens is 266 g/mol. The molecule has 0 bridgehead atoms. The molecule has 0 aliphatic carbocycles. The van der Waals surface area contributed by atoms with E-state index in [0.29, 0.717) is 23.6 Å². The molecule has 0 heterocycles. The molecule has 3 N–H and O–H groups in total. The number of benzene rings is 2. The fourth-order valence-corrected chi connectivity index (χ4v) is 2.12. The summed E-state index contributed by atoms with van der Waals surface area (Å²) < 4.78 is 10.7. The molecule has 0 saturated heterocycles. The van der Waals surface area contributed by atoms with Crippen LogP contribution in [0.5, 0.6) is 11.5 Å². The van der Waals surface area contributed by atoms with E-state index in [1.807, 2.05) is 30.3 Å². The van der Waals surface area contributed by atoms with E-state index in [4.69, 9.17) is 15.2 Å². The number of aliphatic hydroxyl groups is 1. The van der Waals surface area contributed by atoms with E-state index >= 15 is 0 Å². The highest BCUT2D eigenvalue weighted by Gasteiger charge is 2.15.